The van der Waals surface area contributed by atoms with Crippen LogP contribution in [0.15, 0.2) is 53.7 Å². The zero-order valence-electron chi connectivity index (χ0n) is 14.0. The molecule has 1 saturated heterocycles. The Balaban J connectivity index is 1.92. The molecule has 0 amide bonds. The Morgan fingerprint density at radius 3 is 2.60 bits per heavy atom. The fraction of sp³-hybridized carbons (Fsp3) is 0.278. The third kappa shape index (κ3) is 2.69. The van der Waals surface area contributed by atoms with E-state index in [9.17, 15) is 8.42 Å². The number of benzene rings is 1. The first-order valence-electron chi connectivity index (χ1n) is 8.32. The summed E-state index contributed by atoms with van der Waals surface area (Å²) in [5, 5.41) is 3.32. The molecular weight excluding hydrogens is 336 g/mol. The van der Waals surface area contributed by atoms with E-state index in [1.165, 1.54) is 3.97 Å². The second-order valence-electron chi connectivity index (χ2n) is 6.19. The van der Waals surface area contributed by atoms with Crippen molar-refractivity contribution in [3.05, 3.63) is 54.4 Å². The maximum Gasteiger partial charge on any atom is 0.268 e. The molecule has 4 rings (SSSR count). The van der Waals surface area contributed by atoms with Gasteiger partial charge in [-0.1, -0.05) is 18.2 Å². The molecular formula is C18H20N4O2S. The highest BCUT2D eigenvalue weighted by molar-refractivity contribution is 7.90. The van der Waals surface area contributed by atoms with Gasteiger partial charge < -0.3 is 10.2 Å². The lowest BCUT2D eigenvalue weighted by Gasteiger charge is -2.28. The second kappa shape index (κ2) is 6.16. The van der Waals surface area contributed by atoms with Gasteiger partial charge >= 0.3 is 0 Å². The molecule has 25 heavy (non-hydrogen) atoms. The average Bonchev–Trinajstić information content (AvgIpc) is 3.03. The summed E-state index contributed by atoms with van der Waals surface area (Å²) in [6.07, 6.45) is 3.42. The fourth-order valence-electron chi connectivity index (χ4n) is 3.30. The van der Waals surface area contributed by atoms with Crippen molar-refractivity contribution in [2.75, 3.05) is 31.1 Å². The predicted molar refractivity (Wildman–Crippen MR) is 98.6 cm³/mol. The van der Waals surface area contributed by atoms with Crippen LogP contribution < -0.4 is 10.2 Å². The van der Waals surface area contributed by atoms with Gasteiger partial charge in [0.05, 0.1) is 16.1 Å². The summed E-state index contributed by atoms with van der Waals surface area (Å²) in [6.45, 7) is 5.24. The number of anilines is 1. The first-order chi connectivity index (χ1) is 12.1. The summed E-state index contributed by atoms with van der Waals surface area (Å²) >= 11 is 0. The first-order valence-corrected chi connectivity index (χ1v) is 9.76. The number of fused-ring (bicyclic) bond motifs is 1. The highest BCUT2D eigenvalue weighted by Crippen LogP contribution is 2.31. The molecule has 0 bridgehead atoms. The zero-order valence-corrected chi connectivity index (χ0v) is 14.8. The van der Waals surface area contributed by atoms with Crippen LogP contribution >= 0.6 is 0 Å². The molecule has 2 aromatic heterocycles. The van der Waals surface area contributed by atoms with Crippen molar-refractivity contribution in [1.29, 1.82) is 0 Å². The van der Waals surface area contributed by atoms with Crippen molar-refractivity contribution in [3.8, 4) is 0 Å². The summed E-state index contributed by atoms with van der Waals surface area (Å²) in [5.41, 5.74) is 2.94. The van der Waals surface area contributed by atoms with Crippen LogP contribution in [0.3, 0.4) is 0 Å². The van der Waals surface area contributed by atoms with Crippen LogP contribution in [0.5, 0.6) is 0 Å². The van der Waals surface area contributed by atoms with Crippen LogP contribution in [0.4, 0.5) is 5.69 Å². The molecule has 1 aliphatic heterocycles. The molecule has 0 unspecified atom stereocenters. The van der Waals surface area contributed by atoms with Crippen LogP contribution in [-0.2, 0) is 10.0 Å². The van der Waals surface area contributed by atoms with Gasteiger partial charge in [0, 0.05) is 38.6 Å². The molecule has 6 nitrogen and oxygen atoms in total. The maximum atomic E-state index is 13.3. The Morgan fingerprint density at radius 2 is 1.84 bits per heavy atom. The number of nitrogens with one attached hydrogen (secondary N) is 1. The van der Waals surface area contributed by atoms with E-state index in [1.54, 1.807) is 30.6 Å². The third-order valence-electron chi connectivity index (χ3n) is 4.59. The standard InChI is InChI=1S/C18H20N4O2S/c1-14-5-2-3-7-17(14)25(23,24)22-13-16(21-11-9-19-10-12-21)18-15(22)6-4-8-20-18/h2-8,13,19H,9-12H2,1H3. The Bertz CT molecular complexity index is 1020. The number of piperazine rings is 1. The Kier molecular flexibility index (Phi) is 3.97. The van der Waals surface area contributed by atoms with E-state index in [1.807, 2.05) is 25.1 Å². The smallest absolute Gasteiger partial charge is 0.268 e. The predicted octanol–water partition coefficient (Wildman–Crippen LogP) is 1.99. The molecule has 3 aromatic rings. The fourth-order valence-corrected chi connectivity index (χ4v) is 4.88. The molecule has 0 radical (unpaired) electrons. The molecule has 1 N–H and O–H groups in total. The van der Waals surface area contributed by atoms with Crippen LogP contribution in [0.25, 0.3) is 11.0 Å². The number of aromatic nitrogens is 2. The van der Waals surface area contributed by atoms with Gasteiger partial charge in [0.1, 0.15) is 5.52 Å². The minimum absolute atomic E-state index is 0.322. The third-order valence-corrected chi connectivity index (χ3v) is 6.43. The molecule has 1 aliphatic rings. The number of rotatable bonds is 3. The Morgan fingerprint density at radius 1 is 1.08 bits per heavy atom. The van der Waals surface area contributed by atoms with Gasteiger partial charge in [-0.15, -0.1) is 0 Å². The summed E-state index contributed by atoms with van der Waals surface area (Å²) in [7, 11) is -3.68. The van der Waals surface area contributed by atoms with E-state index in [4.69, 9.17) is 0 Å². The molecule has 130 valence electrons. The van der Waals surface area contributed by atoms with Crippen molar-refractivity contribution in [3.63, 3.8) is 0 Å². The minimum Gasteiger partial charge on any atom is -0.366 e. The molecule has 0 aliphatic carbocycles. The largest absolute Gasteiger partial charge is 0.366 e. The van der Waals surface area contributed by atoms with Gasteiger partial charge in [-0.3, -0.25) is 4.98 Å². The van der Waals surface area contributed by atoms with Crippen molar-refractivity contribution in [2.24, 2.45) is 0 Å². The van der Waals surface area contributed by atoms with E-state index in [2.05, 4.69) is 15.2 Å². The van der Waals surface area contributed by atoms with Gasteiger partial charge in [-0.05, 0) is 30.7 Å². The molecule has 0 atom stereocenters. The van der Waals surface area contributed by atoms with Crippen LogP contribution in [0.2, 0.25) is 0 Å². The molecule has 3 heterocycles. The van der Waals surface area contributed by atoms with Gasteiger partial charge in [0.25, 0.3) is 10.0 Å². The van der Waals surface area contributed by atoms with Crippen molar-refractivity contribution < 1.29 is 8.42 Å². The van der Waals surface area contributed by atoms with Gasteiger partial charge in [0.15, 0.2) is 0 Å². The van der Waals surface area contributed by atoms with Crippen LogP contribution in [-0.4, -0.2) is 43.6 Å². The number of hydrogen-bond donors (Lipinski definition) is 1. The van der Waals surface area contributed by atoms with Crippen LogP contribution in [0, 0.1) is 6.92 Å². The number of hydrogen-bond acceptors (Lipinski definition) is 5. The SMILES string of the molecule is Cc1ccccc1S(=O)(=O)n1cc(N2CCNCC2)c2ncccc21. The molecule has 7 heteroatoms. The van der Waals surface area contributed by atoms with Gasteiger partial charge in [-0.25, -0.2) is 12.4 Å². The molecule has 0 saturated carbocycles. The van der Waals surface area contributed by atoms with Gasteiger partial charge in [0.2, 0.25) is 0 Å². The molecule has 0 spiro atoms. The summed E-state index contributed by atoms with van der Waals surface area (Å²) in [4.78, 5) is 6.97. The second-order valence-corrected chi connectivity index (χ2v) is 7.97. The lowest BCUT2D eigenvalue weighted by atomic mass is 10.2. The van der Waals surface area contributed by atoms with Gasteiger partial charge in [-0.2, -0.15) is 0 Å². The topological polar surface area (TPSA) is 67.2 Å². The first kappa shape index (κ1) is 16.1. The monoisotopic (exact) mass is 356 g/mol. The normalized spacial score (nSPS) is 15.6. The van der Waals surface area contributed by atoms with Crippen LogP contribution in [0.1, 0.15) is 5.56 Å². The number of pyridine rings is 1. The van der Waals surface area contributed by atoms with E-state index in [-0.39, 0.29) is 0 Å². The average molecular weight is 356 g/mol. The highest BCUT2D eigenvalue weighted by Gasteiger charge is 2.25. The molecule has 1 fully saturated rings. The molecule has 1 aromatic carbocycles. The quantitative estimate of drug-likeness (QED) is 0.777. The lowest BCUT2D eigenvalue weighted by molar-refractivity contribution is 0.585. The summed E-state index contributed by atoms with van der Waals surface area (Å²) < 4.78 is 27.9. The highest BCUT2D eigenvalue weighted by atomic mass is 32.2. The number of aryl methyl sites for hydroxylation is 1. The Labute approximate surface area is 147 Å². The van der Waals surface area contributed by atoms with Crippen molar-refractivity contribution >= 4 is 26.7 Å². The number of nitrogens with zero attached hydrogens (tertiary/aromatic N) is 3. The summed E-state index contributed by atoms with van der Waals surface area (Å²) in [6, 6.07) is 10.6. The van der Waals surface area contributed by atoms with E-state index in [0.717, 1.165) is 42.9 Å². The van der Waals surface area contributed by atoms with Crippen molar-refractivity contribution in [2.45, 2.75) is 11.8 Å². The minimum atomic E-state index is -3.68. The maximum absolute atomic E-state index is 13.3. The van der Waals surface area contributed by atoms with E-state index >= 15 is 0 Å². The summed E-state index contributed by atoms with van der Waals surface area (Å²) in [5.74, 6) is 0. The Hall–Kier alpha value is -2.38. The lowest BCUT2D eigenvalue weighted by Crippen LogP contribution is -2.43. The zero-order chi connectivity index (χ0) is 17.4. The van der Waals surface area contributed by atoms with Crippen molar-refractivity contribution in [1.82, 2.24) is 14.3 Å². The van der Waals surface area contributed by atoms with E-state index < -0.39 is 10.0 Å². The van der Waals surface area contributed by atoms with E-state index in [0.29, 0.717) is 10.4 Å².